The Kier molecular flexibility index (Phi) is 7.86. The Balaban J connectivity index is 1.97. The lowest BCUT2D eigenvalue weighted by molar-refractivity contribution is 0.194. The van der Waals surface area contributed by atoms with Crippen molar-refractivity contribution in [1.29, 1.82) is 0 Å². The predicted molar refractivity (Wildman–Crippen MR) is 125 cm³/mol. The lowest BCUT2D eigenvalue weighted by Crippen LogP contribution is -2.42. The molecule has 9 heteroatoms. The molecule has 0 bridgehead atoms. The second kappa shape index (κ2) is 10.6. The topological polar surface area (TPSA) is 84.3 Å². The van der Waals surface area contributed by atoms with Gasteiger partial charge in [-0.1, -0.05) is 42.5 Å². The molecule has 7 nitrogen and oxygen atoms in total. The smallest absolute Gasteiger partial charge is 0.317 e. The van der Waals surface area contributed by atoms with Gasteiger partial charge in [-0.05, 0) is 44.0 Å². The van der Waals surface area contributed by atoms with Crippen LogP contribution in [-0.2, 0) is 28.7 Å². The predicted octanol–water partition coefficient (Wildman–Crippen LogP) is 3.98. The highest BCUT2D eigenvalue weighted by atomic mass is 32.2. The van der Waals surface area contributed by atoms with Gasteiger partial charge >= 0.3 is 6.03 Å². The average Bonchev–Trinajstić information content (AvgIpc) is 3.16. The number of imidazole rings is 1. The fraction of sp³-hybridized carbons (Fsp3) is 0.333. The molecule has 0 saturated heterocycles. The molecule has 176 valence electrons. The summed E-state index contributed by atoms with van der Waals surface area (Å²) in [4.78, 5) is 18.4. The number of aromatic nitrogens is 2. The van der Waals surface area contributed by atoms with Crippen LogP contribution in [0.4, 0.5) is 9.18 Å². The summed E-state index contributed by atoms with van der Waals surface area (Å²) in [6, 6.07) is 14.6. The highest BCUT2D eigenvalue weighted by molar-refractivity contribution is 7.90. The number of hydrogen-bond donors (Lipinski definition) is 1. The Morgan fingerprint density at radius 1 is 1.09 bits per heavy atom. The molecule has 0 aliphatic heterocycles. The van der Waals surface area contributed by atoms with Crippen molar-refractivity contribution in [3.63, 3.8) is 0 Å². The zero-order chi connectivity index (χ0) is 24.0. The van der Waals surface area contributed by atoms with Crippen LogP contribution in [0.2, 0.25) is 0 Å². The summed E-state index contributed by atoms with van der Waals surface area (Å²) in [5, 5.41) is 2.79. The van der Waals surface area contributed by atoms with Crippen molar-refractivity contribution in [3.8, 4) is 0 Å². The third-order valence-electron chi connectivity index (χ3n) is 5.07. The van der Waals surface area contributed by atoms with Crippen molar-refractivity contribution in [2.24, 2.45) is 0 Å². The van der Waals surface area contributed by atoms with Gasteiger partial charge in [-0.15, -0.1) is 0 Å². The molecule has 0 aliphatic rings. The van der Waals surface area contributed by atoms with E-state index >= 15 is 0 Å². The van der Waals surface area contributed by atoms with E-state index in [0.29, 0.717) is 17.8 Å². The van der Waals surface area contributed by atoms with E-state index in [1.54, 1.807) is 9.47 Å². The molecule has 0 fully saturated rings. The van der Waals surface area contributed by atoms with Gasteiger partial charge in [0.1, 0.15) is 5.82 Å². The fourth-order valence-electron chi connectivity index (χ4n) is 3.43. The maximum absolute atomic E-state index is 13.3. The number of benzene rings is 2. The van der Waals surface area contributed by atoms with Crippen LogP contribution in [0.1, 0.15) is 37.6 Å². The van der Waals surface area contributed by atoms with Gasteiger partial charge in [0, 0.05) is 12.6 Å². The quantitative estimate of drug-likeness (QED) is 0.511. The van der Waals surface area contributed by atoms with Crippen LogP contribution in [0.3, 0.4) is 0 Å². The van der Waals surface area contributed by atoms with E-state index in [1.165, 1.54) is 30.5 Å². The SMILES string of the molecule is CCN(Cc1cnc(S(=O)(=O)Cc2ccc(F)cc2)n1Cc1ccccc1)C(=O)NC(C)C. The molecule has 0 saturated carbocycles. The number of rotatable bonds is 9. The van der Waals surface area contributed by atoms with Crippen molar-refractivity contribution >= 4 is 15.9 Å². The van der Waals surface area contributed by atoms with E-state index in [1.807, 2.05) is 51.1 Å². The summed E-state index contributed by atoms with van der Waals surface area (Å²) in [5.74, 6) is -0.729. The van der Waals surface area contributed by atoms with Crippen molar-refractivity contribution in [2.75, 3.05) is 6.54 Å². The van der Waals surface area contributed by atoms with Crippen LogP contribution in [0, 0.1) is 5.82 Å². The highest BCUT2D eigenvalue weighted by Crippen LogP contribution is 2.21. The number of amides is 2. The average molecular weight is 473 g/mol. The molecule has 1 N–H and O–H groups in total. The molecule has 3 aromatic rings. The number of hydrogen-bond acceptors (Lipinski definition) is 4. The minimum Gasteiger partial charge on any atom is -0.336 e. The molecule has 1 aromatic heterocycles. The summed E-state index contributed by atoms with van der Waals surface area (Å²) < 4.78 is 41.4. The zero-order valence-corrected chi connectivity index (χ0v) is 19.8. The van der Waals surface area contributed by atoms with E-state index in [0.717, 1.165) is 5.56 Å². The molecule has 1 heterocycles. The van der Waals surface area contributed by atoms with Gasteiger partial charge in [0.2, 0.25) is 15.0 Å². The van der Waals surface area contributed by atoms with Crippen LogP contribution in [0.5, 0.6) is 0 Å². The van der Waals surface area contributed by atoms with Crippen LogP contribution >= 0.6 is 0 Å². The Bertz CT molecular complexity index is 1180. The third-order valence-corrected chi connectivity index (χ3v) is 6.66. The minimum absolute atomic E-state index is 0.0209. The Hall–Kier alpha value is -3.20. The molecule has 2 amide bonds. The van der Waals surface area contributed by atoms with E-state index < -0.39 is 15.7 Å². The molecule has 0 spiro atoms. The van der Waals surface area contributed by atoms with Gasteiger partial charge < -0.3 is 14.8 Å². The second-order valence-corrected chi connectivity index (χ2v) is 9.99. The molecule has 0 radical (unpaired) electrons. The molecule has 2 aromatic carbocycles. The van der Waals surface area contributed by atoms with Gasteiger partial charge in [0.05, 0.1) is 30.7 Å². The van der Waals surface area contributed by atoms with Crippen molar-refractivity contribution in [2.45, 2.75) is 50.8 Å². The zero-order valence-electron chi connectivity index (χ0n) is 19.0. The number of carbonyl (C=O) groups is 1. The summed E-state index contributed by atoms with van der Waals surface area (Å²) in [5.41, 5.74) is 1.99. The van der Waals surface area contributed by atoms with Crippen LogP contribution in [0.25, 0.3) is 0 Å². The molecule has 0 unspecified atom stereocenters. The normalized spacial score (nSPS) is 11.5. The highest BCUT2D eigenvalue weighted by Gasteiger charge is 2.25. The first kappa shape index (κ1) is 24.4. The number of sulfone groups is 1. The van der Waals surface area contributed by atoms with Crippen molar-refractivity contribution < 1.29 is 17.6 Å². The number of halogens is 1. The molecule has 33 heavy (non-hydrogen) atoms. The largest absolute Gasteiger partial charge is 0.336 e. The van der Waals surface area contributed by atoms with Gasteiger partial charge in [0.25, 0.3) is 0 Å². The number of nitrogens with zero attached hydrogens (tertiary/aromatic N) is 3. The van der Waals surface area contributed by atoms with Crippen LogP contribution in [-0.4, -0.2) is 41.5 Å². The summed E-state index contributed by atoms with van der Waals surface area (Å²) in [6.07, 6.45) is 1.51. The monoisotopic (exact) mass is 472 g/mol. The number of carbonyl (C=O) groups excluding carboxylic acids is 1. The number of nitrogens with one attached hydrogen (secondary N) is 1. The van der Waals surface area contributed by atoms with Crippen molar-refractivity contribution in [3.05, 3.63) is 83.4 Å². The second-order valence-electron chi connectivity index (χ2n) is 8.11. The van der Waals surface area contributed by atoms with Crippen molar-refractivity contribution in [1.82, 2.24) is 19.8 Å². The molecule has 0 atom stereocenters. The molecular weight excluding hydrogens is 443 g/mol. The minimum atomic E-state index is -3.83. The van der Waals surface area contributed by atoms with E-state index in [4.69, 9.17) is 0 Å². The maximum atomic E-state index is 13.3. The van der Waals surface area contributed by atoms with Gasteiger partial charge in [0.15, 0.2) is 0 Å². The van der Waals surface area contributed by atoms with E-state index in [2.05, 4.69) is 10.3 Å². The van der Waals surface area contributed by atoms with Gasteiger partial charge in [-0.3, -0.25) is 0 Å². The molecule has 0 aliphatic carbocycles. The standard InChI is InChI=1S/C24H29FN4O3S/c1-4-28(23(30)27-18(2)3)16-22-14-26-24(29(22)15-19-8-6-5-7-9-19)33(31,32)17-20-10-12-21(25)13-11-20/h5-14,18H,4,15-17H2,1-3H3,(H,27,30). The van der Waals surface area contributed by atoms with Gasteiger partial charge in [-0.2, -0.15) is 0 Å². The first-order chi connectivity index (χ1) is 15.7. The van der Waals surface area contributed by atoms with Crippen LogP contribution in [0.15, 0.2) is 66.0 Å². The first-order valence-electron chi connectivity index (χ1n) is 10.8. The third kappa shape index (κ3) is 6.41. The molecular formula is C24H29FN4O3S. The van der Waals surface area contributed by atoms with E-state index in [9.17, 15) is 17.6 Å². The Labute approximate surface area is 194 Å². The summed E-state index contributed by atoms with van der Waals surface area (Å²) >= 11 is 0. The lowest BCUT2D eigenvalue weighted by Gasteiger charge is -2.23. The first-order valence-corrected chi connectivity index (χ1v) is 12.5. The number of urea groups is 1. The lowest BCUT2D eigenvalue weighted by atomic mass is 10.2. The Morgan fingerprint density at radius 3 is 2.36 bits per heavy atom. The Morgan fingerprint density at radius 2 is 1.76 bits per heavy atom. The maximum Gasteiger partial charge on any atom is 0.317 e. The van der Waals surface area contributed by atoms with E-state index in [-0.39, 0.29) is 36.1 Å². The van der Waals surface area contributed by atoms with Crippen LogP contribution < -0.4 is 5.32 Å². The summed E-state index contributed by atoms with van der Waals surface area (Å²) in [6.45, 7) is 6.58. The fourth-order valence-corrected chi connectivity index (χ4v) is 4.92. The summed E-state index contributed by atoms with van der Waals surface area (Å²) in [7, 11) is -3.83. The van der Waals surface area contributed by atoms with Gasteiger partial charge in [-0.25, -0.2) is 22.6 Å². The molecule has 3 rings (SSSR count).